The first-order chi connectivity index (χ1) is 9.00. The van der Waals surface area contributed by atoms with E-state index in [9.17, 15) is 9.90 Å². The molecule has 0 aromatic heterocycles. The van der Waals surface area contributed by atoms with Gasteiger partial charge in [-0.15, -0.1) is 0 Å². The molecule has 3 rings (SSSR count). The van der Waals surface area contributed by atoms with Crippen molar-refractivity contribution >= 4 is 5.97 Å². The highest BCUT2D eigenvalue weighted by atomic mass is 16.4. The minimum Gasteiger partial charge on any atom is -0.480 e. The van der Waals surface area contributed by atoms with Crippen molar-refractivity contribution in [3.8, 4) is 0 Å². The number of carboxylic acids is 1. The summed E-state index contributed by atoms with van der Waals surface area (Å²) in [6, 6.07) is 0.902. The average Bonchev–Trinajstić information content (AvgIpc) is 3.22. The Morgan fingerprint density at radius 3 is 2.63 bits per heavy atom. The van der Waals surface area contributed by atoms with E-state index in [0.29, 0.717) is 12.1 Å². The molecule has 108 valence electrons. The Morgan fingerprint density at radius 2 is 2.11 bits per heavy atom. The molecule has 0 bridgehead atoms. The zero-order valence-corrected chi connectivity index (χ0v) is 12.1. The summed E-state index contributed by atoms with van der Waals surface area (Å²) < 4.78 is 0. The Kier molecular flexibility index (Phi) is 3.34. The van der Waals surface area contributed by atoms with Crippen LogP contribution in [0.4, 0.5) is 0 Å². The molecule has 4 atom stereocenters. The van der Waals surface area contributed by atoms with Crippen LogP contribution in [0.5, 0.6) is 0 Å². The molecule has 0 aromatic rings. The molecule has 4 heteroatoms. The minimum absolute atomic E-state index is 0.440. The fraction of sp³-hybridized carbons (Fsp3) is 0.933. The standard InChI is InChI=1S/C15H26N2O2/c1-10-7-11(10)9-17(2)13-5-6-15(8-13,14(18)19)16-12-3-4-12/h10-13,16H,3-9H2,1-2H3,(H,18,19). The fourth-order valence-electron chi connectivity index (χ4n) is 3.57. The van der Waals surface area contributed by atoms with Crippen molar-refractivity contribution in [1.82, 2.24) is 10.2 Å². The van der Waals surface area contributed by atoms with Gasteiger partial charge in [-0.3, -0.25) is 10.1 Å². The van der Waals surface area contributed by atoms with Gasteiger partial charge in [-0.05, 0) is 57.4 Å². The lowest BCUT2D eigenvalue weighted by molar-refractivity contribution is -0.145. The van der Waals surface area contributed by atoms with Crippen LogP contribution in [-0.4, -0.2) is 47.2 Å². The summed E-state index contributed by atoms with van der Waals surface area (Å²) in [4.78, 5) is 14.1. The molecule has 0 aliphatic heterocycles. The number of carbonyl (C=O) groups is 1. The van der Waals surface area contributed by atoms with Gasteiger partial charge in [0, 0.05) is 18.6 Å². The first kappa shape index (κ1) is 13.4. The summed E-state index contributed by atoms with van der Waals surface area (Å²) in [5, 5.41) is 13.0. The Hall–Kier alpha value is -0.610. The first-order valence-electron chi connectivity index (χ1n) is 7.71. The average molecular weight is 266 g/mol. The van der Waals surface area contributed by atoms with E-state index in [4.69, 9.17) is 0 Å². The van der Waals surface area contributed by atoms with Crippen LogP contribution in [0, 0.1) is 11.8 Å². The molecule has 3 aliphatic rings. The van der Waals surface area contributed by atoms with E-state index < -0.39 is 11.5 Å². The van der Waals surface area contributed by atoms with Gasteiger partial charge in [0.1, 0.15) is 5.54 Å². The van der Waals surface area contributed by atoms with Crippen molar-refractivity contribution in [2.45, 2.75) is 63.1 Å². The van der Waals surface area contributed by atoms with Crippen LogP contribution >= 0.6 is 0 Å². The van der Waals surface area contributed by atoms with E-state index in [1.165, 1.54) is 6.42 Å². The quantitative estimate of drug-likeness (QED) is 0.768. The second-order valence-corrected chi connectivity index (χ2v) is 7.12. The number of nitrogens with one attached hydrogen (secondary N) is 1. The molecular weight excluding hydrogens is 240 g/mol. The fourth-order valence-corrected chi connectivity index (χ4v) is 3.57. The topological polar surface area (TPSA) is 52.6 Å². The highest BCUT2D eigenvalue weighted by molar-refractivity contribution is 5.79. The predicted octanol–water partition coefficient (Wildman–Crippen LogP) is 1.70. The Balaban J connectivity index is 1.58. The van der Waals surface area contributed by atoms with E-state index in [1.54, 1.807) is 0 Å². The second kappa shape index (κ2) is 4.74. The molecule has 3 saturated carbocycles. The maximum Gasteiger partial charge on any atom is 0.323 e. The smallest absolute Gasteiger partial charge is 0.323 e. The van der Waals surface area contributed by atoms with Crippen molar-refractivity contribution in [3.63, 3.8) is 0 Å². The number of rotatable bonds is 6. The van der Waals surface area contributed by atoms with Crippen LogP contribution < -0.4 is 5.32 Å². The molecular formula is C15H26N2O2. The molecule has 4 nitrogen and oxygen atoms in total. The largest absolute Gasteiger partial charge is 0.480 e. The first-order valence-corrected chi connectivity index (χ1v) is 7.71. The normalized spacial score (nSPS) is 41.7. The zero-order chi connectivity index (χ0) is 13.6. The lowest BCUT2D eigenvalue weighted by Gasteiger charge is -2.29. The molecule has 3 aliphatic carbocycles. The van der Waals surface area contributed by atoms with Crippen molar-refractivity contribution in [1.29, 1.82) is 0 Å². The molecule has 0 saturated heterocycles. The molecule has 0 spiro atoms. The van der Waals surface area contributed by atoms with Crippen LogP contribution in [0.2, 0.25) is 0 Å². The maximum atomic E-state index is 11.7. The van der Waals surface area contributed by atoms with Gasteiger partial charge in [-0.25, -0.2) is 0 Å². The molecule has 0 heterocycles. The lowest BCUT2D eigenvalue weighted by Crippen LogP contribution is -2.52. The summed E-state index contributed by atoms with van der Waals surface area (Å²) >= 11 is 0. The van der Waals surface area contributed by atoms with Gasteiger partial charge < -0.3 is 10.0 Å². The Bertz CT molecular complexity index is 369. The second-order valence-electron chi connectivity index (χ2n) is 7.12. The van der Waals surface area contributed by atoms with Gasteiger partial charge in [-0.2, -0.15) is 0 Å². The predicted molar refractivity (Wildman–Crippen MR) is 74.1 cm³/mol. The van der Waals surface area contributed by atoms with E-state index >= 15 is 0 Å². The van der Waals surface area contributed by atoms with Gasteiger partial charge >= 0.3 is 5.97 Å². The third kappa shape index (κ3) is 2.79. The van der Waals surface area contributed by atoms with Crippen LogP contribution in [-0.2, 0) is 4.79 Å². The van der Waals surface area contributed by atoms with Crippen molar-refractivity contribution in [3.05, 3.63) is 0 Å². The molecule has 19 heavy (non-hydrogen) atoms. The van der Waals surface area contributed by atoms with Gasteiger partial charge in [0.05, 0.1) is 0 Å². The van der Waals surface area contributed by atoms with Crippen molar-refractivity contribution in [2.24, 2.45) is 11.8 Å². The van der Waals surface area contributed by atoms with E-state index in [2.05, 4.69) is 24.2 Å². The number of carboxylic acid groups (broad SMARTS) is 1. The van der Waals surface area contributed by atoms with Crippen LogP contribution in [0.15, 0.2) is 0 Å². The van der Waals surface area contributed by atoms with Gasteiger partial charge in [0.15, 0.2) is 0 Å². The number of hydrogen-bond donors (Lipinski definition) is 2. The lowest BCUT2D eigenvalue weighted by atomic mass is 9.97. The summed E-state index contributed by atoms with van der Waals surface area (Å²) in [7, 11) is 2.17. The molecule has 3 fully saturated rings. The third-order valence-corrected chi connectivity index (χ3v) is 5.38. The SMILES string of the molecule is CC1CC1CN(C)C1CCC(NC2CC2)(C(=O)O)C1. The monoisotopic (exact) mass is 266 g/mol. The summed E-state index contributed by atoms with van der Waals surface area (Å²) in [5.74, 6) is 1.08. The van der Waals surface area contributed by atoms with Crippen molar-refractivity contribution in [2.75, 3.05) is 13.6 Å². The minimum atomic E-state index is -0.644. The summed E-state index contributed by atoms with van der Waals surface area (Å²) in [6.45, 7) is 3.45. The summed E-state index contributed by atoms with van der Waals surface area (Å²) in [6.07, 6.45) is 6.22. The molecule has 0 aromatic carbocycles. The highest BCUT2D eigenvalue weighted by Crippen LogP contribution is 2.41. The number of aliphatic carboxylic acids is 1. The molecule has 4 unspecified atom stereocenters. The Morgan fingerprint density at radius 1 is 1.42 bits per heavy atom. The van der Waals surface area contributed by atoms with E-state index in [0.717, 1.165) is 50.5 Å². The van der Waals surface area contributed by atoms with Crippen LogP contribution in [0.1, 0.15) is 45.4 Å². The van der Waals surface area contributed by atoms with E-state index in [-0.39, 0.29) is 0 Å². The van der Waals surface area contributed by atoms with Crippen molar-refractivity contribution < 1.29 is 9.90 Å². The highest BCUT2D eigenvalue weighted by Gasteiger charge is 2.49. The summed E-state index contributed by atoms with van der Waals surface area (Å²) in [5.41, 5.74) is -0.644. The zero-order valence-electron chi connectivity index (χ0n) is 12.1. The maximum absolute atomic E-state index is 11.7. The number of nitrogens with zero attached hydrogens (tertiary/aromatic N) is 1. The third-order valence-electron chi connectivity index (χ3n) is 5.38. The van der Waals surface area contributed by atoms with Crippen LogP contribution in [0.3, 0.4) is 0 Å². The van der Waals surface area contributed by atoms with Crippen LogP contribution in [0.25, 0.3) is 0 Å². The van der Waals surface area contributed by atoms with Gasteiger partial charge in [0.25, 0.3) is 0 Å². The van der Waals surface area contributed by atoms with E-state index in [1.807, 2.05) is 0 Å². The van der Waals surface area contributed by atoms with Gasteiger partial charge in [0.2, 0.25) is 0 Å². The van der Waals surface area contributed by atoms with Gasteiger partial charge in [-0.1, -0.05) is 6.92 Å². The molecule has 0 amide bonds. The molecule has 2 N–H and O–H groups in total. The number of hydrogen-bond acceptors (Lipinski definition) is 3. The molecule has 0 radical (unpaired) electrons. The Labute approximate surface area is 115 Å².